The van der Waals surface area contributed by atoms with Gasteiger partial charge in [-0.3, -0.25) is 4.79 Å². The maximum Gasteiger partial charge on any atom is 0.311 e. The highest BCUT2D eigenvalue weighted by Gasteiger charge is 2.25. The van der Waals surface area contributed by atoms with Crippen LogP contribution in [0.1, 0.15) is 6.42 Å². The van der Waals surface area contributed by atoms with E-state index >= 15 is 0 Å². The van der Waals surface area contributed by atoms with Crippen LogP contribution in [0.25, 0.3) is 0 Å². The van der Waals surface area contributed by atoms with Crippen LogP contribution in [0, 0.1) is 0 Å². The van der Waals surface area contributed by atoms with Gasteiger partial charge >= 0.3 is 5.97 Å². The monoisotopic (exact) mass is 188 g/mol. The maximum absolute atomic E-state index is 10.9. The molecule has 1 aliphatic heterocycles. The van der Waals surface area contributed by atoms with Crippen molar-refractivity contribution in [2.24, 2.45) is 0 Å². The van der Waals surface area contributed by atoms with E-state index in [1.807, 2.05) is 0 Å². The summed E-state index contributed by atoms with van der Waals surface area (Å²) < 4.78 is 10.8. The summed E-state index contributed by atoms with van der Waals surface area (Å²) in [5.41, 5.74) is 0. The first kappa shape index (κ1) is 10.5. The van der Waals surface area contributed by atoms with E-state index in [2.05, 4.69) is 11.8 Å². The first-order chi connectivity index (χ1) is 6.16. The van der Waals surface area contributed by atoms with Crippen LogP contribution in [0.3, 0.4) is 0 Å². The number of carbonyl (C=O) groups is 1. The van der Waals surface area contributed by atoms with Gasteiger partial charge in [-0.15, -0.1) is 0 Å². The Balaban J connectivity index is 2.28. The average Bonchev–Trinajstić information content (AvgIpc) is 2.15. The van der Waals surface area contributed by atoms with Crippen molar-refractivity contribution in [2.45, 2.75) is 6.42 Å². The van der Waals surface area contributed by atoms with E-state index in [-0.39, 0.29) is 5.97 Å². The fourth-order valence-electron chi connectivity index (χ4n) is 1.47. The summed E-state index contributed by atoms with van der Waals surface area (Å²) in [5, 5.41) is 0. The average molecular weight is 188 g/mol. The zero-order valence-electron chi connectivity index (χ0n) is 8.41. The van der Waals surface area contributed by atoms with Gasteiger partial charge in [0.25, 0.3) is 0 Å². The lowest BCUT2D eigenvalue weighted by molar-refractivity contribution is -0.916. The molecule has 4 nitrogen and oxygen atoms in total. The Kier molecular flexibility index (Phi) is 3.69. The van der Waals surface area contributed by atoms with Crippen molar-refractivity contribution in [2.75, 3.05) is 47.0 Å². The van der Waals surface area contributed by atoms with Gasteiger partial charge in [0.15, 0.2) is 0 Å². The number of carbonyl (C=O) groups excluding carboxylic acids is 1. The normalized spacial score (nSPS) is 21.1. The number of likely N-dealkylation sites (N-methyl/N-ethyl adjacent to an activating group) is 1. The fourth-order valence-corrected chi connectivity index (χ4v) is 1.47. The van der Waals surface area contributed by atoms with Crippen molar-refractivity contribution in [3.8, 4) is 0 Å². The molecule has 1 fully saturated rings. The van der Waals surface area contributed by atoms with Crippen molar-refractivity contribution < 1.29 is 18.8 Å². The topological polar surface area (TPSA) is 35.5 Å². The first-order valence-electron chi connectivity index (χ1n) is 4.64. The van der Waals surface area contributed by atoms with Crippen LogP contribution in [0.4, 0.5) is 0 Å². The van der Waals surface area contributed by atoms with Gasteiger partial charge in [0, 0.05) is 0 Å². The van der Waals surface area contributed by atoms with Crippen LogP contribution in [0.5, 0.6) is 0 Å². The third-order valence-electron chi connectivity index (χ3n) is 2.63. The molecule has 1 aliphatic rings. The highest BCUT2D eigenvalue weighted by atomic mass is 16.5. The SMILES string of the molecule is COC(=O)CC[N+]1(C)CCOCC1. The summed E-state index contributed by atoms with van der Waals surface area (Å²) in [5.74, 6) is -0.120. The minimum atomic E-state index is -0.120. The van der Waals surface area contributed by atoms with E-state index in [0.717, 1.165) is 37.3 Å². The lowest BCUT2D eigenvalue weighted by atomic mass is 10.3. The molecule has 0 N–H and O–H groups in total. The Morgan fingerprint density at radius 2 is 2.08 bits per heavy atom. The zero-order valence-corrected chi connectivity index (χ0v) is 8.41. The third kappa shape index (κ3) is 3.32. The van der Waals surface area contributed by atoms with Gasteiger partial charge in [0.2, 0.25) is 0 Å². The summed E-state index contributed by atoms with van der Waals surface area (Å²) in [6.45, 7) is 4.46. The second kappa shape index (κ2) is 4.58. The molecule has 1 saturated heterocycles. The molecule has 0 aliphatic carbocycles. The van der Waals surface area contributed by atoms with Gasteiger partial charge in [-0.2, -0.15) is 0 Å². The van der Waals surface area contributed by atoms with Crippen LogP contribution in [-0.4, -0.2) is 57.5 Å². The Hall–Kier alpha value is -0.610. The van der Waals surface area contributed by atoms with E-state index in [1.54, 1.807) is 0 Å². The zero-order chi connectivity index (χ0) is 9.73. The van der Waals surface area contributed by atoms with Crippen molar-refractivity contribution in [3.05, 3.63) is 0 Å². The Morgan fingerprint density at radius 1 is 1.46 bits per heavy atom. The standard InChI is InChI=1S/C9H18NO3/c1-10(4-3-9(11)12-2)5-7-13-8-6-10/h3-8H2,1-2H3/q+1. The quantitative estimate of drug-likeness (QED) is 0.463. The smallest absolute Gasteiger partial charge is 0.311 e. The number of rotatable bonds is 3. The highest BCUT2D eigenvalue weighted by molar-refractivity contribution is 5.69. The maximum atomic E-state index is 10.9. The molecule has 0 bridgehead atoms. The van der Waals surface area contributed by atoms with Gasteiger partial charge in [0.05, 0.1) is 40.3 Å². The van der Waals surface area contributed by atoms with Crippen molar-refractivity contribution in [1.82, 2.24) is 0 Å². The molecule has 0 unspecified atom stereocenters. The summed E-state index contributed by atoms with van der Waals surface area (Å²) >= 11 is 0. The van der Waals surface area contributed by atoms with E-state index in [9.17, 15) is 4.79 Å². The molecule has 1 rings (SSSR count). The minimum absolute atomic E-state index is 0.120. The molecule has 1 heterocycles. The second-order valence-corrected chi connectivity index (χ2v) is 3.73. The van der Waals surface area contributed by atoms with E-state index in [4.69, 9.17) is 4.74 Å². The molecule has 0 aromatic carbocycles. The van der Waals surface area contributed by atoms with Crippen LogP contribution >= 0.6 is 0 Å². The summed E-state index contributed by atoms with van der Waals surface area (Å²) in [6, 6.07) is 0. The van der Waals surface area contributed by atoms with Crippen LogP contribution in [-0.2, 0) is 14.3 Å². The van der Waals surface area contributed by atoms with Gasteiger partial charge in [-0.05, 0) is 0 Å². The van der Waals surface area contributed by atoms with Crippen molar-refractivity contribution in [3.63, 3.8) is 0 Å². The molecule has 0 aromatic heterocycles. The number of nitrogens with zero attached hydrogens (tertiary/aromatic N) is 1. The number of hydrogen-bond donors (Lipinski definition) is 0. The second-order valence-electron chi connectivity index (χ2n) is 3.73. The molecule has 13 heavy (non-hydrogen) atoms. The number of esters is 1. The molecule has 0 spiro atoms. The fraction of sp³-hybridized carbons (Fsp3) is 0.889. The van der Waals surface area contributed by atoms with E-state index in [1.165, 1.54) is 7.11 Å². The molecular weight excluding hydrogens is 170 g/mol. The van der Waals surface area contributed by atoms with Crippen molar-refractivity contribution >= 4 is 5.97 Å². The summed E-state index contributed by atoms with van der Waals surface area (Å²) in [4.78, 5) is 10.9. The molecule has 0 radical (unpaired) electrons. The number of quaternary nitrogens is 1. The van der Waals surface area contributed by atoms with Gasteiger partial charge < -0.3 is 14.0 Å². The van der Waals surface area contributed by atoms with Crippen molar-refractivity contribution in [1.29, 1.82) is 0 Å². The molecule has 0 saturated carbocycles. The first-order valence-corrected chi connectivity index (χ1v) is 4.64. The predicted molar refractivity (Wildman–Crippen MR) is 48.2 cm³/mol. The van der Waals surface area contributed by atoms with E-state index < -0.39 is 0 Å². The Labute approximate surface area is 79.0 Å². The van der Waals surface area contributed by atoms with Crippen LogP contribution in [0.15, 0.2) is 0 Å². The Bertz CT molecular complexity index is 176. The number of hydrogen-bond acceptors (Lipinski definition) is 3. The number of morpholine rings is 1. The molecular formula is C9H18NO3+. The summed E-state index contributed by atoms with van der Waals surface area (Å²) in [6.07, 6.45) is 0.507. The number of methoxy groups -OCH3 is 1. The Morgan fingerprint density at radius 3 is 2.62 bits per heavy atom. The molecule has 0 amide bonds. The molecule has 76 valence electrons. The van der Waals surface area contributed by atoms with Crippen LogP contribution in [0.2, 0.25) is 0 Å². The lowest BCUT2D eigenvalue weighted by Gasteiger charge is -2.37. The third-order valence-corrected chi connectivity index (χ3v) is 2.63. The van der Waals surface area contributed by atoms with E-state index in [0.29, 0.717) is 6.42 Å². The molecule has 0 atom stereocenters. The largest absolute Gasteiger partial charge is 0.469 e. The molecule has 0 aromatic rings. The summed E-state index contributed by atoms with van der Waals surface area (Å²) in [7, 11) is 3.59. The number of ether oxygens (including phenoxy) is 2. The van der Waals surface area contributed by atoms with Crippen LogP contribution < -0.4 is 0 Å². The minimum Gasteiger partial charge on any atom is -0.469 e. The molecule has 4 heteroatoms. The van der Waals surface area contributed by atoms with Gasteiger partial charge in [0.1, 0.15) is 13.1 Å². The van der Waals surface area contributed by atoms with Gasteiger partial charge in [-0.25, -0.2) is 0 Å². The van der Waals surface area contributed by atoms with Gasteiger partial charge in [-0.1, -0.05) is 0 Å². The highest BCUT2D eigenvalue weighted by Crippen LogP contribution is 2.08. The lowest BCUT2D eigenvalue weighted by Crippen LogP contribution is -2.52. The predicted octanol–water partition coefficient (Wildman–Crippen LogP) is 0.0263.